The lowest BCUT2D eigenvalue weighted by Gasteiger charge is -2.20. The average Bonchev–Trinajstić information content (AvgIpc) is 3.47. The Morgan fingerprint density at radius 3 is 1.00 bits per heavy atom. The summed E-state index contributed by atoms with van der Waals surface area (Å²) in [5.74, 6) is 0. The number of ether oxygens (including phenoxy) is 2. The van der Waals surface area contributed by atoms with Crippen molar-refractivity contribution < 1.29 is 9.47 Å². The van der Waals surface area contributed by atoms with E-state index in [1.807, 2.05) is 0 Å². The molecule has 1 N–H and O–H groups in total. The van der Waals surface area contributed by atoms with Crippen LogP contribution in [0.3, 0.4) is 0 Å². The van der Waals surface area contributed by atoms with Gasteiger partial charge in [-0.05, 0) is 64.2 Å². The summed E-state index contributed by atoms with van der Waals surface area (Å²) in [6.07, 6.45) is 48.0. The molecule has 0 aromatic rings. The molecule has 43 heavy (non-hydrogen) atoms. The van der Waals surface area contributed by atoms with Gasteiger partial charge in [-0.1, -0.05) is 154 Å². The Hall–Kier alpha value is -0.640. The first kappa shape index (κ1) is 40.4. The second-order valence-corrected chi connectivity index (χ2v) is 13.4. The minimum Gasteiger partial charge on any atom is -0.374 e. The van der Waals surface area contributed by atoms with Crippen molar-refractivity contribution in [3.63, 3.8) is 0 Å². The van der Waals surface area contributed by atoms with Crippen LogP contribution in [0.4, 0.5) is 0 Å². The number of allylic oxidation sites excluding steroid dienone is 4. The van der Waals surface area contributed by atoms with Gasteiger partial charge in [-0.3, -0.25) is 0 Å². The summed E-state index contributed by atoms with van der Waals surface area (Å²) in [7, 11) is 0. The van der Waals surface area contributed by atoms with Gasteiger partial charge in [-0.2, -0.15) is 0 Å². The Labute approximate surface area is 270 Å². The van der Waals surface area contributed by atoms with Crippen LogP contribution >= 0.6 is 0 Å². The summed E-state index contributed by atoms with van der Waals surface area (Å²) in [5.41, 5.74) is 0. The minimum absolute atomic E-state index is 0.251. The molecule has 2 atom stereocenters. The Bertz CT molecular complexity index is 539. The SMILES string of the molecule is CCCCCCC=CCCCCCCCCCCOC1CNCC1OCCCCCCCCCCC=CCCCCCC. The predicted molar refractivity (Wildman–Crippen MR) is 191 cm³/mol. The largest absolute Gasteiger partial charge is 0.374 e. The summed E-state index contributed by atoms with van der Waals surface area (Å²) in [6, 6.07) is 0. The van der Waals surface area contributed by atoms with Gasteiger partial charge in [0.15, 0.2) is 0 Å². The first-order valence-corrected chi connectivity index (χ1v) is 19.6. The third kappa shape index (κ3) is 28.6. The van der Waals surface area contributed by atoms with Crippen LogP contribution in [0.5, 0.6) is 0 Å². The van der Waals surface area contributed by atoms with Gasteiger partial charge in [0, 0.05) is 26.3 Å². The molecule has 3 nitrogen and oxygen atoms in total. The lowest BCUT2D eigenvalue weighted by molar-refractivity contribution is -0.0481. The van der Waals surface area contributed by atoms with Gasteiger partial charge >= 0.3 is 0 Å². The number of unbranched alkanes of at least 4 members (excludes halogenated alkanes) is 24. The average molecular weight is 604 g/mol. The van der Waals surface area contributed by atoms with Crippen LogP contribution in [0, 0.1) is 0 Å². The van der Waals surface area contributed by atoms with Crippen LogP contribution in [0.2, 0.25) is 0 Å². The molecular weight excluding hydrogens is 526 g/mol. The number of nitrogens with one attached hydrogen (secondary N) is 1. The standard InChI is InChI=1S/C40H77NO2/c1-3-5-7-9-11-13-15-17-19-21-23-25-27-29-31-33-35-42-39-37-41-38-40(39)43-36-34-32-30-28-26-24-22-20-18-16-14-12-10-8-6-4-2/h13-16,39-41H,3-12,17-38H2,1-2H3. The summed E-state index contributed by atoms with van der Waals surface area (Å²) < 4.78 is 12.4. The van der Waals surface area contributed by atoms with Gasteiger partial charge in [-0.25, -0.2) is 0 Å². The zero-order valence-electron chi connectivity index (χ0n) is 29.4. The highest BCUT2D eigenvalue weighted by atomic mass is 16.5. The molecule has 0 aromatic heterocycles. The molecule has 1 fully saturated rings. The van der Waals surface area contributed by atoms with Gasteiger partial charge in [0.1, 0.15) is 0 Å². The lowest BCUT2D eigenvalue weighted by atomic mass is 10.1. The highest BCUT2D eigenvalue weighted by Gasteiger charge is 2.28. The van der Waals surface area contributed by atoms with Gasteiger partial charge in [0.25, 0.3) is 0 Å². The van der Waals surface area contributed by atoms with Crippen molar-refractivity contribution >= 4 is 0 Å². The maximum absolute atomic E-state index is 6.22. The number of hydrogen-bond acceptors (Lipinski definition) is 3. The van der Waals surface area contributed by atoms with Gasteiger partial charge in [-0.15, -0.1) is 0 Å². The first-order chi connectivity index (χ1) is 21.4. The van der Waals surface area contributed by atoms with Crippen LogP contribution in [0.1, 0.15) is 194 Å². The van der Waals surface area contributed by atoms with E-state index in [1.165, 1.54) is 180 Å². The Kier molecular flexibility index (Phi) is 32.2. The normalized spacial score (nSPS) is 17.3. The molecule has 1 aliphatic heterocycles. The van der Waals surface area contributed by atoms with E-state index in [9.17, 15) is 0 Å². The van der Waals surface area contributed by atoms with Crippen LogP contribution in [-0.2, 0) is 9.47 Å². The van der Waals surface area contributed by atoms with E-state index in [4.69, 9.17) is 9.47 Å². The van der Waals surface area contributed by atoms with Gasteiger partial charge in [0.05, 0.1) is 12.2 Å². The van der Waals surface area contributed by atoms with Crippen LogP contribution < -0.4 is 5.32 Å². The van der Waals surface area contributed by atoms with Crippen molar-refractivity contribution in [3.05, 3.63) is 24.3 Å². The van der Waals surface area contributed by atoms with Crippen molar-refractivity contribution in [2.75, 3.05) is 26.3 Å². The molecule has 0 bridgehead atoms. The predicted octanol–water partition coefficient (Wildman–Crippen LogP) is 12.4. The lowest BCUT2D eigenvalue weighted by Crippen LogP contribution is -2.30. The Morgan fingerprint density at radius 1 is 0.395 bits per heavy atom. The van der Waals surface area contributed by atoms with E-state index >= 15 is 0 Å². The van der Waals surface area contributed by atoms with Gasteiger partial charge in [0.2, 0.25) is 0 Å². The number of hydrogen-bond donors (Lipinski definition) is 1. The summed E-state index contributed by atoms with van der Waals surface area (Å²) in [4.78, 5) is 0. The molecule has 0 spiro atoms. The van der Waals surface area contributed by atoms with Crippen molar-refractivity contribution in [2.24, 2.45) is 0 Å². The molecule has 1 saturated heterocycles. The smallest absolute Gasteiger partial charge is 0.0973 e. The van der Waals surface area contributed by atoms with Crippen molar-refractivity contribution in [3.8, 4) is 0 Å². The summed E-state index contributed by atoms with van der Waals surface area (Å²) >= 11 is 0. The summed E-state index contributed by atoms with van der Waals surface area (Å²) in [5, 5.41) is 3.48. The highest BCUT2D eigenvalue weighted by molar-refractivity contribution is 4.83. The second kappa shape index (κ2) is 34.2. The minimum atomic E-state index is 0.251. The molecular formula is C40H77NO2. The zero-order chi connectivity index (χ0) is 30.7. The van der Waals surface area contributed by atoms with Crippen molar-refractivity contribution in [1.82, 2.24) is 5.32 Å². The molecule has 2 unspecified atom stereocenters. The monoisotopic (exact) mass is 604 g/mol. The Morgan fingerprint density at radius 2 is 0.674 bits per heavy atom. The van der Waals surface area contributed by atoms with E-state index in [2.05, 4.69) is 43.5 Å². The molecule has 0 amide bonds. The zero-order valence-corrected chi connectivity index (χ0v) is 29.4. The van der Waals surface area contributed by atoms with E-state index < -0.39 is 0 Å². The quantitative estimate of drug-likeness (QED) is 0.0586. The fourth-order valence-corrected chi connectivity index (χ4v) is 6.13. The van der Waals surface area contributed by atoms with E-state index in [-0.39, 0.29) is 12.2 Å². The molecule has 0 aliphatic carbocycles. The fraction of sp³-hybridized carbons (Fsp3) is 0.900. The molecule has 1 aliphatic rings. The topological polar surface area (TPSA) is 30.5 Å². The molecule has 3 heteroatoms. The van der Waals surface area contributed by atoms with Crippen LogP contribution in [-0.4, -0.2) is 38.5 Å². The maximum atomic E-state index is 6.22. The summed E-state index contributed by atoms with van der Waals surface area (Å²) in [6.45, 7) is 8.26. The molecule has 1 heterocycles. The molecule has 0 aromatic carbocycles. The first-order valence-electron chi connectivity index (χ1n) is 19.6. The van der Waals surface area contributed by atoms with E-state index in [0.29, 0.717) is 0 Å². The third-order valence-corrected chi connectivity index (χ3v) is 9.08. The number of rotatable bonds is 34. The maximum Gasteiger partial charge on any atom is 0.0973 e. The van der Waals surface area contributed by atoms with E-state index in [0.717, 1.165) is 26.3 Å². The second-order valence-electron chi connectivity index (χ2n) is 13.4. The third-order valence-electron chi connectivity index (χ3n) is 9.08. The van der Waals surface area contributed by atoms with Gasteiger partial charge < -0.3 is 14.8 Å². The molecule has 0 radical (unpaired) electrons. The fourth-order valence-electron chi connectivity index (χ4n) is 6.13. The highest BCUT2D eigenvalue weighted by Crippen LogP contribution is 2.15. The molecule has 1 rings (SSSR count). The van der Waals surface area contributed by atoms with Crippen LogP contribution in [0.25, 0.3) is 0 Å². The van der Waals surface area contributed by atoms with Crippen LogP contribution in [0.15, 0.2) is 24.3 Å². The Balaban J connectivity index is 1.81. The molecule has 254 valence electrons. The van der Waals surface area contributed by atoms with Crippen molar-refractivity contribution in [2.45, 2.75) is 206 Å². The van der Waals surface area contributed by atoms with Crippen molar-refractivity contribution in [1.29, 1.82) is 0 Å². The molecule has 0 saturated carbocycles. The van der Waals surface area contributed by atoms with E-state index in [1.54, 1.807) is 0 Å².